The van der Waals surface area contributed by atoms with E-state index in [1.54, 1.807) is 48.4 Å². The van der Waals surface area contributed by atoms with Gasteiger partial charge in [0.15, 0.2) is 11.5 Å². The number of hydrogen-bond donors (Lipinski definition) is 1. The molecule has 0 spiro atoms. The molecule has 2 aliphatic heterocycles. The molecule has 2 heterocycles. The van der Waals surface area contributed by atoms with E-state index in [1.165, 1.54) is 0 Å². The Hall–Kier alpha value is -3.56. The molecule has 2 aliphatic rings. The molecule has 0 aromatic heterocycles. The van der Waals surface area contributed by atoms with Crippen molar-refractivity contribution >= 4 is 17.4 Å². The fraction of sp³-hybridized carbons (Fsp3) is 0.484. The van der Waals surface area contributed by atoms with Crippen LogP contribution in [0.4, 0.5) is 0 Å². The quantitative estimate of drug-likeness (QED) is 0.169. The molecular weight excluding hydrogens is 512 g/mol. The smallest absolute Gasteiger partial charge is 0.295 e. The van der Waals surface area contributed by atoms with E-state index < -0.39 is 17.7 Å². The fourth-order valence-electron chi connectivity index (χ4n) is 4.92. The molecule has 9 heteroatoms. The number of methoxy groups -OCH3 is 1. The molecule has 2 aromatic carbocycles. The summed E-state index contributed by atoms with van der Waals surface area (Å²) in [5.41, 5.74) is 1.15. The zero-order chi connectivity index (χ0) is 28.5. The highest BCUT2D eigenvalue weighted by Gasteiger charge is 2.46. The lowest BCUT2D eigenvalue weighted by Gasteiger charge is -2.31. The second-order valence-corrected chi connectivity index (χ2v) is 9.93. The largest absolute Gasteiger partial charge is 0.507 e. The molecule has 0 aliphatic carbocycles. The SMILES string of the molecule is CCCCOc1ccc(C2/C(=C(\O)c3ccc(OCCC)cc3)C(=O)C(=O)N2CCN2CCOCC2)cc1OC. The van der Waals surface area contributed by atoms with Gasteiger partial charge >= 0.3 is 0 Å². The standard InChI is InChI=1S/C31H40N2O7/c1-4-6-18-40-25-12-9-23(21-26(25)37-3)28-27(29(34)22-7-10-24(11-8-22)39-17-5-2)30(35)31(36)33(28)14-13-32-15-19-38-20-16-32/h7-12,21,28,34H,4-6,13-20H2,1-3H3/b29-27+. The van der Waals surface area contributed by atoms with E-state index in [9.17, 15) is 14.7 Å². The average molecular weight is 553 g/mol. The number of likely N-dealkylation sites (tertiary alicyclic amines) is 1. The summed E-state index contributed by atoms with van der Waals surface area (Å²) < 4.78 is 22.6. The average Bonchev–Trinajstić information content (AvgIpc) is 3.24. The van der Waals surface area contributed by atoms with Crippen LogP contribution >= 0.6 is 0 Å². The molecule has 1 atom stereocenters. The van der Waals surface area contributed by atoms with Crippen LogP contribution in [-0.4, -0.2) is 86.3 Å². The Morgan fingerprint density at radius 3 is 2.38 bits per heavy atom. The monoisotopic (exact) mass is 552 g/mol. The van der Waals surface area contributed by atoms with E-state index in [1.807, 2.05) is 13.0 Å². The number of carbonyl (C=O) groups is 2. The third kappa shape index (κ3) is 6.77. The molecule has 2 aromatic rings. The van der Waals surface area contributed by atoms with Crippen LogP contribution in [0.1, 0.15) is 50.3 Å². The number of ether oxygens (including phenoxy) is 4. The Morgan fingerprint density at radius 1 is 0.950 bits per heavy atom. The Bertz CT molecular complexity index is 1190. The Labute approximate surface area is 236 Å². The number of benzene rings is 2. The summed E-state index contributed by atoms with van der Waals surface area (Å²) in [7, 11) is 1.56. The van der Waals surface area contributed by atoms with Crippen molar-refractivity contribution in [2.75, 3.05) is 59.7 Å². The van der Waals surface area contributed by atoms with Crippen molar-refractivity contribution in [2.24, 2.45) is 0 Å². The molecule has 2 fully saturated rings. The highest BCUT2D eigenvalue weighted by molar-refractivity contribution is 6.46. The Kier molecular flexibility index (Phi) is 10.4. The van der Waals surface area contributed by atoms with Crippen LogP contribution in [0.15, 0.2) is 48.0 Å². The minimum Gasteiger partial charge on any atom is -0.507 e. The number of rotatable bonds is 13. The van der Waals surface area contributed by atoms with Crippen LogP contribution in [0, 0.1) is 0 Å². The number of morpholine rings is 1. The van der Waals surface area contributed by atoms with Crippen molar-refractivity contribution in [3.05, 3.63) is 59.2 Å². The Balaban J connectivity index is 1.71. The number of aliphatic hydroxyl groups excluding tert-OH is 1. The summed E-state index contributed by atoms with van der Waals surface area (Å²) in [6.07, 6.45) is 2.79. The van der Waals surface area contributed by atoms with E-state index in [4.69, 9.17) is 18.9 Å². The van der Waals surface area contributed by atoms with Crippen LogP contribution in [-0.2, 0) is 14.3 Å². The second-order valence-electron chi connectivity index (χ2n) is 9.93. The van der Waals surface area contributed by atoms with Gasteiger partial charge in [0.25, 0.3) is 11.7 Å². The van der Waals surface area contributed by atoms with Gasteiger partial charge < -0.3 is 29.0 Å². The molecule has 0 saturated carbocycles. The predicted molar refractivity (Wildman–Crippen MR) is 152 cm³/mol. The molecule has 1 amide bonds. The maximum absolute atomic E-state index is 13.4. The van der Waals surface area contributed by atoms with Gasteiger partial charge in [0.1, 0.15) is 11.5 Å². The molecule has 9 nitrogen and oxygen atoms in total. The third-order valence-corrected chi connectivity index (χ3v) is 7.16. The summed E-state index contributed by atoms with van der Waals surface area (Å²) in [6, 6.07) is 11.5. The van der Waals surface area contributed by atoms with Gasteiger partial charge in [-0.1, -0.05) is 26.3 Å². The van der Waals surface area contributed by atoms with Crippen LogP contribution in [0.5, 0.6) is 17.2 Å². The highest BCUT2D eigenvalue weighted by Crippen LogP contribution is 2.42. The molecule has 40 heavy (non-hydrogen) atoms. The van der Waals surface area contributed by atoms with Crippen molar-refractivity contribution < 1.29 is 33.6 Å². The van der Waals surface area contributed by atoms with Crippen LogP contribution in [0.2, 0.25) is 0 Å². The number of amides is 1. The topological polar surface area (TPSA) is 97.8 Å². The lowest BCUT2D eigenvalue weighted by Crippen LogP contribution is -2.42. The molecule has 4 rings (SSSR count). The molecule has 216 valence electrons. The normalized spacial score (nSPS) is 19.2. The minimum absolute atomic E-state index is 0.0518. The number of hydrogen-bond acceptors (Lipinski definition) is 8. The van der Waals surface area contributed by atoms with Crippen LogP contribution < -0.4 is 14.2 Å². The van der Waals surface area contributed by atoms with Crippen molar-refractivity contribution in [2.45, 2.75) is 39.2 Å². The first kappa shape index (κ1) is 29.4. The zero-order valence-corrected chi connectivity index (χ0v) is 23.7. The maximum atomic E-state index is 13.4. The first-order valence-corrected chi connectivity index (χ1v) is 14.1. The Morgan fingerprint density at radius 2 is 1.70 bits per heavy atom. The summed E-state index contributed by atoms with van der Waals surface area (Å²) in [5.74, 6) is 0.200. The van der Waals surface area contributed by atoms with E-state index in [0.717, 1.165) is 32.4 Å². The molecule has 1 N–H and O–H groups in total. The molecule has 2 saturated heterocycles. The van der Waals surface area contributed by atoms with Gasteiger partial charge in [-0.05, 0) is 54.8 Å². The van der Waals surface area contributed by atoms with Crippen molar-refractivity contribution in [1.29, 1.82) is 0 Å². The van der Waals surface area contributed by atoms with Gasteiger partial charge in [-0.15, -0.1) is 0 Å². The maximum Gasteiger partial charge on any atom is 0.295 e. The van der Waals surface area contributed by atoms with Crippen LogP contribution in [0.3, 0.4) is 0 Å². The van der Waals surface area contributed by atoms with Crippen molar-refractivity contribution in [3.63, 3.8) is 0 Å². The van der Waals surface area contributed by atoms with Crippen molar-refractivity contribution in [3.8, 4) is 17.2 Å². The van der Waals surface area contributed by atoms with E-state index >= 15 is 0 Å². The lowest BCUT2D eigenvalue weighted by molar-refractivity contribution is -0.140. The fourth-order valence-corrected chi connectivity index (χ4v) is 4.92. The van der Waals surface area contributed by atoms with E-state index in [0.29, 0.717) is 67.9 Å². The van der Waals surface area contributed by atoms with E-state index in [2.05, 4.69) is 11.8 Å². The molecule has 0 bridgehead atoms. The summed E-state index contributed by atoms with van der Waals surface area (Å²) in [6.45, 7) is 8.97. The van der Waals surface area contributed by atoms with Gasteiger partial charge in [-0.2, -0.15) is 0 Å². The second kappa shape index (κ2) is 14.2. The number of aliphatic hydroxyl groups is 1. The molecular formula is C31H40N2O7. The first-order chi connectivity index (χ1) is 19.5. The summed E-state index contributed by atoms with van der Waals surface area (Å²) in [4.78, 5) is 30.6. The van der Waals surface area contributed by atoms with Gasteiger partial charge in [-0.25, -0.2) is 0 Å². The van der Waals surface area contributed by atoms with Crippen molar-refractivity contribution in [1.82, 2.24) is 9.80 Å². The number of ketones is 1. The zero-order valence-electron chi connectivity index (χ0n) is 23.7. The van der Waals surface area contributed by atoms with Gasteiger partial charge in [0.2, 0.25) is 0 Å². The number of Topliss-reactive ketones (excluding diaryl/α,β-unsaturated/α-hetero) is 1. The lowest BCUT2D eigenvalue weighted by atomic mass is 9.95. The predicted octanol–water partition coefficient (Wildman–Crippen LogP) is 4.42. The summed E-state index contributed by atoms with van der Waals surface area (Å²) in [5, 5.41) is 11.4. The number of carbonyl (C=O) groups excluding carboxylic acids is 2. The van der Waals surface area contributed by atoms with Crippen LogP contribution in [0.25, 0.3) is 5.76 Å². The summed E-state index contributed by atoms with van der Waals surface area (Å²) >= 11 is 0. The van der Waals surface area contributed by atoms with Gasteiger partial charge in [0.05, 0.1) is 45.2 Å². The molecule has 1 unspecified atom stereocenters. The van der Waals surface area contributed by atoms with Gasteiger partial charge in [0, 0.05) is 31.7 Å². The minimum atomic E-state index is -0.782. The van der Waals surface area contributed by atoms with Gasteiger partial charge in [-0.3, -0.25) is 14.5 Å². The van der Waals surface area contributed by atoms with E-state index in [-0.39, 0.29) is 11.3 Å². The third-order valence-electron chi connectivity index (χ3n) is 7.16. The number of nitrogens with zero attached hydrogens (tertiary/aromatic N) is 2. The first-order valence-electron chi connectivity index (χ1n) is 14.1. The molecule has 0 radical (unpaired) electrons. The number of unbranched alkanes of at least 4 members (excludes halogenated alkanes) is 1. The highest BCUT2D eigenvalue weighted by atomic mass is 16.5.